The minimum absolute atomic E-state index is 0.192. The van der Waals surface area contributed by atoms with Gasteiger partial charge in [0.05, 0.1) is 13.2 Å². The van der Waals surface area contributed by atoms with Crippen LogP contribution in [0.4, 0.5) is 0 Å². The minimum atomic E-state index is 0.192. The topological polar surface area (TPSA) is 44.7 Å². The lowest BCUT2D eigenvalue weighted by atomic mass is 10.1. The van der Waals surface area contributed by atoms with Gasteiger partial charge in [0.15, 0.2) is 0 Å². The SMILES string of the molecule is CCCCOC[C@@H]1CN(Cc2ccccc2)[C@H](CO)CN1. The van der Waals surface area contributed by atoms with Crippen molar-refractivity contribution in [2.45, 2.75) is 38.4 Å². The lowest BCUT2D eigenvalue weighted by Gasteiger charge is -2.39. The van der Waals surface area contributed by atoms with E-state index in [4.69, 9.17) is 4.74 Å². The number of benzene rings is 1. The molecule has 1 saturated heterocycles. The molecule has 1 aromatic rings. The molecule has 4 nitrogen and oxygen atoms in total. The summed E-state index contributed by atoms with van der Waals surface area (Å²) in [4.78, 5) is 2.36. The van der Waals surface area contributed by atoms with Crippen LogP contribution >= 0.6 is 0 Å². The van der Waals surface area contributed by atoms with E-state index in [1.165, 1.54) is 12.0 Å². The van der Waals surface area contributed by atoms with E-state index in [9.17, 15) is 5.11 Å². The Kier molecular flexibility index (Phi) is 7.16. The second-order valence-electron chi connectivity index (χ2n) is 5.79. The van der Waals surface area contributed by atoms with Gasteiger partial charge in [0.1, 0.15) is 0 Å². The Balaban J connectivity index is 1.84. The summed E-state index contributed by atoms with van der Waals surface area (Å²) in [6, 6.07) is 11.0. The molecule has 0 unspecified atom stereocenters. The number of hydrogen-bond donors (Lipinski definition) is 2. The van der Waals surface area contributed by atoms with E-state index in [0.717, 1.165) is 39.3 Å². The molecule has 0 radical (unpaired) electrons. The highest BCUT2D eigenvalue weighted by atomic mass is 16.5. The molecule has 0 bridgehead atoms. The molecule has 0 saturated carbocycles. The van der Waals surface area contributed by atoms with Crippen molar-refractivity contribution < 1.29 is 9.84 Å². The highest BCUT2D eigenvalue weighted by molar-refractivity contribution is 5.14. The summed E-state index contributed by atoms with van der Waals surface area (Å²) < 4.78 is 5.73. The number of hydrogen-bond acceptors (Lipinski definition) is 4. The molecule has 4 heteroatoms. The van der Waals surface area contributed by atoms with Crippen LogP contribution in [-0.4, -0.2) is 55.0 Å². The summed E-state index contributed by atoms with van der Waals surface area (Å²) in [5.74, 6) is 0. The van der Waals surface area contributed by atoms with Gasteiger partial charge in [0.2, 0.25) is 0 Å². The van der Waals surface area contributed by atoms with Gasteiger partial charge in [0.25, 0.3) is 0 Å². The normalized spacial score (nSPS) is 23.3. The van der Waals surface area contributed by atoms with E-state index < -0.39 is 0 Å². The van der Waals surface area contributed by atoms with Crippen molar-refractivity contribution in [3.63, 3.8) is 0 Å². The summed E-state index contributed by atoms with van der Waals surface area (Å²) in [5, 5.41) is 13.0. The van der Waals surface area contributed by atoms with Gasteiger partial charge in [-0.3, -0.25) is 4.90 Å². The van der Waals surface area contributed by atoms with Crippen LogP contribution in [-0.2, 0) is 11.3 Å². The molecule has 0 aromatic heterocycles. The summed E-state index contributed by atoms with van der Waals surface area (Å²) in [6.45, 7) is 6.61. The molecule has 1 aromatic carbocycles. The lowest BCUT2D eigenvalue weighted by Crippen LogP contribution is -2.58. The highest BCUT2D eigenvalue weighted by Gasteiger charge is 2.27. The van der Waals surface area contributed by atoms with Gasteiger partial charge in [-0.1, -0.05) is 43.7 Å². The number of nitrogens with zero attached hydrogens (tertiary/aromatic N) is 1. The molecule has 0 spiro atoms. The molecular weight excluding hydrogens is 264 g/mol. The minimum Gasteiger partial charge on any atom is -0.395 e. The molecule has 2 N–H and O–H groups in total. The van der Waals surface area contributed by atoms with Crippen molar-refractivity contribution in [3.05, 3.63) is 35.9 Å². The van der Waals surface area contributed by atoms with Crippen LogP contribution in [0, 0.1) is 0 Å². The Labute approximate surface area is 128 Å². The average molecular weight is 292 g/mol. The molecule has 0 aliphatic carbocycles. The van der Waals surface area contributed by atoms with Gasteiger partial charge in [-0.15, -0.1) is 0 Å². The van der Waals surface area contributed by atoms with Gasteiger partial charge in [0, 0.05) is 38.3 Å². The van der Waals surface area contributed by atoms with E-state index in [1.807, 2.05) is 6.07 Å². The average Bonchev–Trinajstić information content (AvgIpc) is 2.53. The number of aliphatic hydroxyl groups excluding tert-OH is 1. The Morgan fingerprint density at radius 1 is 1.33 bits per heavy atom. The molecular formula is C17H28N2O2. The molecule has 21 heavy (non-hydrogen) atoms. The van der Waals surface area contributed by atoms with Crippen LogP contribution in [0.5, 0.6) is 0 Å². The maximum atomic E-state index is 9.56. The van der Waals surface area contributed by atoms with Crippen LogP contribution < -0.4 is 5.32 Å². The standard InChI is InChI=1S/C17H28N2O2/c1-2-3-9-21-14-16-12-19(17(13-20)10-18-16)11-15-7-5-4-6-8-15/h4-8,16-18,20H,2-3,9-14H2,1H3/t16-,17-/m0/s1. The summed E-state index contributed by atoms with van der Waals surface area (Å²) in [5.41, 5.74) is 1.29. The Hall–Kier alpha value is -0.940. The molecule has 2 rings (SSSR count). The number of unbranched alkanes of at least 4 members (excludes halogenated alkanes) is 1. The number of nitrogens with one attached hydrogen (secondary N) is 1. The van der Waals surface area contributed by atoms with Crippen molar-refractivity contribution in [2.75, 3.05) is 32.9 Å². The maximum Gasteiger partial charge on any atom is 0.0632 e. The first-order valence-electron chi connectivity index (χ1n) is 8.03. The van der Waals surface area contributed by atoms with Crippen molar-refractivity contribution in [3.8, 4) is 0 Å². The zero-order valence-electron chi connectivity index (χ0n) is 13.0. The zero-order valence-corrected chi connectivity index (χ0v) is 13.0. The van der Waals surface area contributed by atoms with Crippen molar-refractivity contribution in [2.24, 2.45) is 0 Å². The first-order chi connectivity index (χ1) is 10.3. The van der Waals surface area contributed by atoms with Gasteiger partial charge in [-0.2, -0.15) is 0 Å². The Morgan fingerprint density at radius 2 is 2.14 bits per heavy atom. The number of rotatable bonds is 8. The number of ether oxygens (including phenoxy) is 1. The smallest absolute Gasteiger partial charge is 0.0632 e. The third kappa shape index (κ3) is 5.40. The largest absolute Gasteiger partial charge is 0.395 e. The van der Waals surface area contributed by atoms with Crippen molar-refractivity contribution in [1.29, 1.82) is 0 Å². The first-order valence-corrected chi connectivity index (χ1v) is 8.03. The second-order valence-corrected chi connectivity index (χ2v) is 5.79. The summed E-state index contributed by atoms with van der Waals surface area (Å²) in [7, 11) is 0. The molecule has 1 aliphatic rings. The van der Waals surface area contributed by atoms with E-state index >= 15 is 0 Å². The monoisotopic (exact) mass is 292 g/mol. The fourth-order valence-corrected chi connectivity index (χ4v) is 2.70. The van der Waals surface area contributed by atoms with Gasteiger partial charge in [-0.05, 0) is 12.0 Å². The Morgan fingerprint density at radius 3 is 2.86 bits per heavy atom. The molecule has 2 atom stereocenters. The highest BCUT2D eigenvalue weighted by Crippen LogP contribution is 2.12. The quantitative estimate of drug-likeness (QED) is 0.715. The third-order valence-corrected chi connectivity index (χ3v) is 4.01. The van der Waals surface area contributed by atoms with Crippen LogP contribution in [0.3, 0.4) is 0 Å². The van der Waals surface area contributed by atoms with Crippen LogP contribution in [0.1, 0.15) is 25.3 Å². The predicted octanol–water partition coefficient (Wildman–Crippen LogP) is 1.64. The first kappa shape index (κ1) is 16.4. The fourth-order valence-electron chi connectivity index (χ4n) is 2.70. The van der Waals surface area contributed by atoms with Crippen molar-refractivity contribution >= 4 is 0 Å². The predicted molar refractivity (Wildman–Crippen MR) is 85.2 cm³/mol. The molecule has 118 valence electrons. The fraction of sp³-hybridized carbons (Fsp3) is 0.647. The van der Waals surface area contributed by atoms with Crippen LogP contribution in [0.25, 0.3) is 0 Å². The molecule has 1 fully saturated rings. The summed E-state index contributed by atoms with van der Waals surface area (Å²) >= 11 is 0. The molecule has 0 amide bonds. The number of aliphatic hydroxyl groups is 1. The second kappa shape index (κ2) is 9.15. The Bertz CT molecular complexity index is 386. The molecule has 1 heterocycles. The molecule has 1 aliphatic heterocycles. The van der Waals surface area contributed by atoms with E-state index in [1.54, 1.807) is 0 Å². The van der Waals surface area contributed by atoms with Gasteiger partial charge >= 0.3 is 0 Å². The zero-order chi connectivity index (χ0) is 14.9. The summed E-state index contributed by atoms with van der Waals surface area (Å²) in [6.07, 6.45) is 2.30. The van der Waals surface area contributed by atoms with E-state index in [2.05, 4.69) is 41.4 Å². The lowest BCUT2D eigenvalue weighted by molar-refractivity contribution is 0.0367. The third-order valence-electron chi connectivity index (χ3n) is 4.01. The van der Waals surface area contributed by atoms with Crippen LogP contribution in [0.15, 0.2) is 30.3 Å². The maximum absolute atomic E-state index is 9.56. The van der Waals surface area contributed by atoms with Gasteiger partial charge in [-0.25, -0.2) is 0 Å². The van der Waals surface area contributed by atoms with Crippen molar-refractivity contribution in [1.82, 2.24) is 10.2 Å². The van der Waals surface area contributed by atoms with E-state index in [-0.39, 0.29) is 12.6 Å². The van der Waals surface area contributed by atoms with Gasteiger partial charge < -0.3 is 15.2 Å². The van der Waals surface area contributed by atoms with Crippen LogP contribution in [0.2, 0.25) is 0 Å². The number of piperazine rings is 1. The van der Waals surface area contributed by atoms with E-state index in [0.29, 0.717) is 6.04 Å².